The number of nitrogens with zero attached hydrogens (tertiary/aromatic N) is 1. The average molecular weight is 373 g/mol. The van der Waals surface area contributed by atoms with Crippen LogP contribution in [0.3, 0.4) is 0 Å². The van der Waals surface area contributed by atoms with E-state index in [0.717, 1.165) is 0 Å². The lowest BCUT2D eigenvalue weighted by molar-refractivity contribution is -0.628. The monoisotopic (exact) mass is 372 g/mol. The van der Waals surface area contributed by atoms with Crippen LogP contribution in [0.15, 0.2) is 72.8 Å². The molecular weight excluding hydrogens is 354 g/mol. The van der Waals surface area contributed by atoms with E-state index in [2.05, 4.69) is 91.3 Å². The smallest absolute Gasteiger partial charge is 0.183 e. The highest BCUT2D eigenvalue weighted by molar-refractivity contribution is 7.42. The van der Waals surface area contributed by atoms with Gasteiger partial charge < -0.3 is 0 Å². The Hall–Kier alpha value is -2.49. The lowest BCUT2D eigenvalue weighted by Crippen LogP contribution is -2.28. The lowest BCUT2D eigenvalue weighted by atomic mass is 10.00. The molecule has 0 bridgehead atoms. The van der Waals surface area contributed by atoms with Crippen molar-refractivity contribution in [3.63, 3.8) is 0 Å². The lowest BCUT2D eigenvalue weighted by Gasteiger charge is -2.06. The first-order valence-corrected chi connectivity index (χ1v) is 10.3. The van der Waals surface area contributed by atoms with Gasteiger partial charge in [0.15, 0.2) is 4.01 Å². The third kappa shape index (κ3) is 2.39. The van der Waals surface area contributed by atoms with Gasteiger partial charge in [-0.2, -0.15) is 4.57 Å². The zero-order valence-corrected chi connectivity index (χ0v) is 16.3. The van der Waals surface area contributed by atoms with E-state index in [0.29, 0.717) is 0 Å². The molecule has 0 fully saturated rings. The minimum absolute atomic E-state index is 1.26. The molecule has 0 spiro atoms. The summed E-state index contributed by atoms with van der Waals surface area (Å²) < 4.78 is 5.13. The predicted octanol–water partition coefficient (Wildman–Crippen LogP) is 6.58. The summed E-state index contributed by atoms with van der Waals surface area (Å²) in [4.78, 5) is 0. The van der Waals surface area contributed by atoms with Gasteiger partial charge in [-0.3, -0.25) is 0 Å². The number of benzene rings is 3. The van der Waals surface area contributed by atoms with Crippen LogP contribution in [0, 0.1) is 6.92 Å². The molecule has 5 aromatic rings. The first kappa shape index (κ1) is 15.7. The molecule has 2 heterocycles. The molecule has 0 aliphatic carbocycles. The Morgan fingerprint density at radius 2 is 1.54 bits per heavy atom. The van der Waals surface area contributed by atoms with E-state index in [4.69, 9.17) is 0 Å². The van der Waals surface area contributed by atoms with Crippen molar-refractivity contribution >= 4 is 42.3 Å². The highest BCUT2D eigenvalue weighted by atomic mass is 32.2. The van der Waals surface area contributed by atoms with Crippen molar-refractivity contribution in [2.24, 2.45) is 7.05 Å². The molecule has 0 atom stereocenters. The second-order valence-electron chi connectivity index (χ2n) is 6.60. The van der Waals surface area contributed by atoms with Crippen LogP contribution in [-0.4, -0.2) is 0 Å². The van der Waals surface area contributed by atoms with Gasteiger partial charge in [0.2, 0.25) is 5.52 Å². The second-order valence-corrected chi connectivity index (χ2v) is 8.91. The highest BCUT2D eigenvalue weighted by Crippen LogP contribution is 2.40. The maximum atomic E-state index is 2.37. The van der Waals surface area contributed by atoms with Gasteiger partial charge in [-0.05, 0) is 41.8 Å². The molecule has 3 heteroatoms. The third-order valence-corrected chi connectivity index (χ3v) is 7.46. The number of rotatable bonds is 2. The Bertz CT molecular complexity index is 1250. The van der Waals surface area contributed by atoms with E-state index in [-0.39, 0.29) is 0 Å². The van der Waals surface area contributed by atoms with Crippen LogP contribution < -0.4 is 4.57 Å². The van der Waals surface area contributed by atoms with Crippen molar-refractivity contribution in [1.29, 1.82) is 0 Å². The molecule has 26 heavy (non-hydrogen) atoms. The Kier molecular flexibility index (Phi) is 3.66. The van der Waals surface area contributed by atoms with Gasteiger partial charge >= 0.3 is 0 Å². The van der Waals surface area contributed by atoms with Gasteiger partial charge in [-0.15, -0.1) is 11.3 Å². The number of thiazole rings is 1. The Morgan fingerprint density at radius 3 is 2.38 bits per heavy atom. The topological polar surface area (TPSA) is 3.88 Å². The van der Waals surface area contributed by atoms with E-state index >= 15 is 0 Å². The molecule has 2 aromatic heterocycles. The van der Waals surface area contributed by atoms with E-state index in [1.165, 1.54) is 46.9 Å². The first-order valence-electron chi connectivity index (χ1n) is 8.69. The van der Waals surface area contributed by atoms with E-state index < -0.39 is 0 Å². The van der Waals surface area contributed by atoms with Crippen molar-refractivity contribution in [3.8, 4) is 21.7 Å². The van der Waals surface area contributed by atoms with Crippen molar-refractivity contribution < 1.29 is 4.57 Å². The number of hydrogen-bond acceptors (Lipinski definition) is 2. The van der Waals surface area contributed by atoms with E-state index in [1.807, 2.05) is 22.7 Å². The molecule has 0 amide bonds. The van der Waals surface area contributed by atoms with Crippen LogP contribution >= 0.6 is 22.7 Å². The van der Waals surface area contributed by atoms with Crippen LogP contribution in [0.25, 0.3) is 41.3 Å². The summed E-state index contributed by atoms with van der Waals surface area (Å²) in [5.74, 6) is 0. The molecular formula is C23H18NS2+. The Labute approximate surface area is 160 Å². The molecule has 0 aliphatic heterocycles. The van der Waals surface area contributed by atoms with Crippen LogP contribution in [0.4, 0.5) is 0 Å². The highest BCUT2D eigenvalue weighted by Gasteiger charge is 2.24. The number of fused-ring (bicyclic) bond motifs is 3. The molecule has 126 valence electrons. The Balaban J connectivity index is 1.74. The predicted molar refractivity (Wildman–Crippen MR) is 114 cm³/mol. The van der Waals surface area contributed by atoms with Crippen molar-refractivity contribution in [2.75, 3.05) is 0 Å². The minimum Gasteiger partial charge on any atom is -0.183 e. The molecule has 3 aromatic carbocycles. The SMILES string of the molecule is Cc1ccc(-c2ccccc2)cc1-c1sc2sc3ccccc3c2[n+]1C. The van der Waals surface area contributed by atoms with Gasteiger partial charge in [0, 0.05) is 4.70 Å². The summed E-state index contributed by atoms with van der Waals surface area (Å²) in [6.07, 6.45) is 0. The number of aromatic nitrogens is 1. The fourth-order valence-corrected chi connectivity index (χ4v) is 6.27. The number of thiophene rings is 1. The summed E-state index contributed by atoms with van der Waals surface area (Å²) in [6.45, 7) is 2.20. The van der Waals surface area contributed by atoms with Gasteiger partial charge in [0.1, 0.15) is 7.05 Å². The van der Waals surface area contributed by atoms with Crippen LogP contribution in [-0.2, 0) is 7.05 Å². The zero-order valence-electron chi connectivity index (χ0n) is 14.7. The average Bonchev–Trinajstić information content (AvgIpc) is 3.19. The van der Waals surface area contributed by atoms with Crippen LogP contribution in [0.5, 0.6) is 0 Å². The van der Waals surface area contributed by atoms with E-state index in [1.54, 1.807) is 0 Å². The maximum absolute atomic E-state index is 2.37. The molecule has 5 rings (SSSR count). The fraction of sp³-hybridized carbons (Fsp3) is 0.0870. The molecule has 0 N–H and O–H groups in total. The quantitative estimate of drug-likeness (QED) is 0.308. The minimum atomic E-state index is 1.26. The van der Waals surface area contributed by atoms with Gasteiger partial charge in [0.25, 0.3) is 5.01 Å². The number of aryl methyl sites for hydroxylation is 2. The van der Waals surface area contributed by atoms with Gasteiger partial charge in [0.05, 0.1) is 10.9 Å². The first-order chi connectivity index (χ1) is 12.7. The maximum Gasteiger partial charge on any atom is 0.270 e. The summed E-state index contributed by atoms with van der Waals surface area (Å²) in [5.41, 5.74) is 6.54. The molecule has 0 saturated carbocycles. The van der Waals surface area contributed by atoms with Crippen LogP contribution in [0.2, 0.25) is 0 Å². The zero-order chi connectivity index (χ0) is 17.7. The third-order valence-electron chi connectivity index (χ3n) is 4.94. The van der Waals surface area contributed by atoms with E-state index in [9.17, 15) is 0 Å². The summed E-state index contributed by atoms with van der Waals surface area (Å²) >= 11 is 3.80. The number of hydrogen-bond donors (Lipinski definition) is 0. The molecule has 0 unspecified atom stereocenters. The fourth-order valence-electron chi connectivity index (χ4n) is 3.55. The van der Waals surface area contributed by atoms with Gasteiger partial charge in [-0.25, -0.2) is 0 Å². The van der Waals surface area contributed by atoms with Gasteiger partial charge in [-0.1, -0.05) is 65.9 Å². The van der Waals surface area contributed by atoms with Crippen molar-refractivity contribution in [3.05, 3.63) is 78.4 Å². The summed E-state index contributed by atoms with van der Waals surface area (Å²) in [6, 6.07) is 26.1. The van der Waals surface area contributed by atoms with Crippen LogP contribution in [0.1, 0.15) is 5.56 Å². The molecule has 0 aliphatic rings. The second kappa shape index (κ2) is 6.04. The molecule has 0 saturated heterocycles. The normalized spacial score (nSPS) is 11.5. The largest absolute Gasteiger partial charge is 0.270 e. The summed E-state index contributed by atoms with van der Waals surface area (Å²) in [5, 5.41) is 2.68. The Morgan fingerprint density at radius 1 is 0.769 bits per heavy atom. The molecule has 1 nitrogen and oxygen atoms in total. The standard InChI is InChI=1S/C23H18NS2/c1-15-12-13-17(16-8-4-3-5-9-16)14-19(15)22-24(2)21-18-10-6-7-11-20(18)25-23(21)26-22/h3-14H,1-2H3/q+1. The summed E-state index contributed by atoms with van der Waals surface area (Å²) in [7, 11) is 2.20. The van der Waals surface area contributed by atoms with Crippen molar-refractivity contribution in [1.82, 2.24) is 0 Å². The molecule has 0 radical (unpaired) electrons. The van der Waals surface area contributed by atoms with Crippen molar-refractivity contribution in [2.45, 2.75) is 6.92 Å².